The lowest BCUT2D eigenvalue weighted by molar-refractivity contribution is -0.117. The smallest absolute Gasteiger partial charge is 0.296 e. The van der Waals surface area contributed by atoms with E-state index in [1.54, 1.807) is 24.3 Å². The summed E-state index contributed by atoms with van der Waals surface area (Å²) in [4.78, 5) is 33.4. The first-order valence-corrected chi connectivity index (χ1v) is 14.5. The van der Waals surface area contributed by atoms with Gasteiger partial charge < -0.3 is 14.6 Å². The molecule has 1 atom stereocenters. The van der Waals surface area contributed by atoms with Gasteiger partial charge in [0.05, 0.1) is 35.0 Å². The van der Waals surface area contributed by atoms with Gasteiger partial charge in [0.2, 0.25) is 0 Å². The van der Waals surface area contributed by atoms with Gasteiger partial charge in [-0.3, -0.25) is 14.5 Å². The minimum Gasteiger partial charge on any atom is -0.503 e. The van der Waals surface area contributed by atoms with E-state index in [1.165, 1.54) is 22.3 Å². The first-order chi connectivity index (χ1) is 19.9. The Hall–Kier alpha value is -4.43. The highest BCUT2D eigenvalue weighted by Gasteiger charge is 2.45. The van der Waals surface area contributed by atoms with Gasteiger partial charge in [-0.25, -0.2) is 4.98 Å². The predicted molar refractivity (Wildman–Crippen MR) is 163 cm³/mol. The Morgan fingerprint density at radius 3 is 2.61 bits per heavy atom. The van der Waals surface area contributed by atoms with Crippen LogP contribution in [0.3, 0.4) is 0 Å². The molecule has 1 N–H and O–H groups in total. The number of hydrogen-bond acceptors (Lipinski definition) is 7. The Labute approximate surface area is 243 Å². The highest BCUT2D eigenvalue weighted by Crippen LogP contribution is 2.45. The van der Waals surface area contributed by atoms with E-state index in [0.29, 0.717) is 35.4 Å². The fourth-order valence-electron chi connectivity index (χ4n) is 4.73. The highest BCUT2D eigenvalue weighted by molar-refractivity contribution is 7.22. The third-order valence-corrected chi connectivity index (χ3v) is 7.80. The molecule has 1 aromatic heterocycles. The Morgan fingerprint density at radius 2 is 1.85 bits per heavy atom. The van der Waals surface area contributed by atoms with Crippen LogP contribution in [0.25, 0.3) is 16.3 Å². The van der Waals surface area contributed by atoms with Gasteiger partial charge >= 0.3 is 0 Å². The number of rotatable bonds is 11. The number of hydrogen-bond donors (Lipinski definition) is 1. The van der Waals surface area contributed by atoms with Crippen molar-refractivity contribution in [2.45, 2.75) is 39.7 Å². The predicted octanol–water partition coefficient (Wildman–Crippen LogP) is 7.36. The van der Waals surface area contributed by atoms with Gasteiger partial charge in [0.15, 0.2) is 28.2 Å². The number of anilines is 1. The van der Waals surface area contributed by atoms with Gasteiger partial charge in [-0.05, 0) is 67.3 Å². The molecule has 7 nitrogen and oxygen atoms in total. The second-order valence-corrected chi connectivity index (χ2v) is 10.8. The molecule has 2 heterocycles. The molecule has 1 aliphatic rings. The lowest BCUT2D eigenvalue weighted by Crippen LogP contribution is -2.30. The Bertz CT molecular complexity index is 1640. The number of aliphatic hydroxyl groups excluding tert-OH is 1. The minimum atomic E-state index is -0.916. The van der Waals surface area contributed by atoms with E-state index in [9.17, 15) is 14.7 Å². The van der Waals surface area contributed by atoms with Crippen LogP contribution in [0.4, 0.5) is 5.13 Å². The van der Waals surface area contributed by atoms with Crippen LogP contribution in [0.15, 0.2) is 84.1 Å². The van der Waals surface area contributed by atoms with Crippen LogP contribution in [0.1, 0.15) is 49.4 Å². The van der Waals surface area contributed by atoms with Crippen LogP contribution in [-0.4, -0.2) is 35.0 Å². The normalized spacial score (nSPS) is 15.3. The number of amides is 1. The monoisotopic (exact) mass is 568 g/mol. The van der Waals surface area contributed by atoms with Crippen LogP contribution >= 0.6 is 11.3 Å². The molecule has 5 rings (SSSR count). The molecular formula is C33H32N2O5S. The van der Waals surface area contributed by atoms with Crippen molar-refractivity contribution < 1.29 is 24.2 Å². The van der Waals surface area contributed by atoms with Gasteiger partial charge in [-0.1, -0.05) is 73.2 Å². The van der Waals surface area contributed by atoms with Crippen LogP contribution in [0.5, 0.6) is 11.5 Å². The van der Waals surface area contributed by atoms with Crippen molar-refractivity contribution >= 4 is 44.5 Å². The lowest BCUT2D eigenvalue weighted by atomic mass is 9.95. The summed E-state index contributed by atoms with van der Waals surface area (Å²) in [6.07, 6.45) is 4.95. The number of benzene rings is 3. The topological polar surface area (TPSA) is 89.0 Å². The maximum absolute atomic E-state index is 13.6. The molecule has 4 aromatic rings. The number of aryl methyl sites for hydroxylation is 1. The molecule has 1 amide bonds. The first-order valence-electron chi connectivity index (χ1n) is 13.7. The molecule has 0 saturated carbocycles. The largest absolute Gasteiger partial charge is 0.503 e. The third-order valence-electron chi connectivity index (χ3n) is 6.78. The van der Waals surface area contributed by atoms with Crippen LogP contribution < -0.4 is 14.4 Å². The minimum absolute atomic E-state index is 0.0142. The Kier molecular flexibility index (Phi) is 8.50. The molecule has 0 fully saturated rings. The fraction of sp³-hybridized carbons (Fsp3) is 0.242. The summed E-state index contributed by atoms with van der Waals surface area (Å²) >= 11 is 1.34. The zero-order chi connectivity index (χ0) is 28.9. The zero-order valence-corrected chi connectivity index (χ0v) is 24.1. The number of allylic oxidation sites excluding steroid dienone is 1. The number of ketones is 1. The molecule has 8 heteroatoms. The van der Waals surface area contributed by atoms with Gasteiger partial charge in [0, 0.05) is 0 Å². The van der Waals surface area contributed by atoms with Crippen molar-refractivity contribution in [3.8, 4) is 11.5 Å². The molecule has 3 aromatic carbocycles. The molecule has 210 valence electrons. The Morgan fingerprint density at radius 1 is 1.05 bits per heavy atom. The summed E-state index contributed by atoms with van der Waals surface area (Å²) < 4.78 is 12.8. The Balaban J connectivity index is 1.60. The molecule has 1 unspecified atom stereocenters. The number of aliphatic hydroxyl groups is 1. The number of ether oxygens (including phenoxy) is 2. The summed E-state index contributed by atoms with van der Waals surface area (Å²) in [6, 6.07) is 19.7. The van der Waals surface area contributed by atoms with E-state index >= 15 is 0 Å². The summed E-state index contributed by atoms with van der Waals surface area (Å²) in [5.74, 6) is -0.643. The van der Waals surface area contributed by atoms with E-state index in [2.05, 4.69) is 6.92 Å². The molecule has 1 aliphatic heterocycles. The molecule has 0 spiro atoms. The van der Waals surface area contributed by atoms with Crippen molar-refractivity contribution in [1.29, 1.82) is 0 Å². The number of thiazole rings is 1. The summed E-state index contributed by atoms with van der Waals surface area (Å²) in [5, 5.41) is 11.5. The molecule has 0 saturated heterocycles. The maximum Gasteiger partial charge on any atom is 0.296 e. The van der Waals surface area contributed by atoms with E-state index in [-0.39, 0.29) is 5.57 Å². The number of aromatic nitrogens is 1. The lowest BCUT2D eigenvalue weighted by Gasteiger charge is -2.25. The van der Waals surface area contributed by atoms with Gasteiger partial charge in [-0.2, -0.15) is 0 Å². The van der Waals surface area contributed by atoms with Gasteiger partial charge in [0.25, 0.3) is 5.91 Å². The number of unbranched alkanes of at least 4 members (excludes halogenated alkanes) is 1. The van der Waals surface area contributed by atoms with Crippen LogP contribution in [0.2, 0.25) is 0 Å². The molecule has 0 radical (unpaired) electrons. The van der Waals surface area contributed by atoms with Gasteiger partial charge in [-0.15, -0.1) is 0 Å². The average molecular weight is 569 g/mol. The number of nitrogens with zero attached hydrogens (tertiary/aromatic N) is 2. The van der Waals surface area contributed by atoms with Crippen LogP contribution in [0, 0.1) is 6.92 Å². The quantitative estimate of drug-likeness (QED) is 0.150. The molecule has 41 heavy (non-hydrogen) atoms. The SMILES string of the molecule is CCCCOc1ccc(C2C(C(=O)/C=C/c3ccccc3)=C(O)C(=O)N2c2nc3ccc(C)cc3s2)cc1OCC. The summed E-state index contributed by atoms with van der Waals surface area (Å²) in [6.45, 7) is 6.92. The van der Waals surface area contributed by atoms with Gasteiger partial charge in [0.1, 0.15) is 0 Å². The van der Waals surface area contributed by atoms with Crippen molar-refractivity contribution in [3.63, 3.8) is 0 Å². The summed E-state index contributed by atoms with van der Waals surface area (Å²) in [5.41, 5.74) is 3.22. The van der Waals surface area contributed by atoms with Crippen molar-refractivity contribution in [1.82, 2.24) is 4.98 Å². The van der Waals surface area contributed by atoms with Crippen LogP contribution in [-0.2, 0) is 9.59 Å². The second kappa shape index (κ2) is 12.4. The number of carbonyl (C=O) groups excluding carboxylic acids is 2. The highest BCUT2D eigenvalue weighted by atomic mass is 32.1. The first kappa shape index (κ1) is 28.1. The number of carbonyl (C=O) groups is 2. The average Bonchev–Trinajstić information content (AvgIpc) is 3.50. The van der Waals surface area contributed by atoms with Crippen molar-refractivity contribution in [3.05, 3.63) is 101 Å². The molecule has 0 bridgehead atoms. The van der Waals surface area contributed by atoms with E-state index < -0.39 is 23.5 Å². The zero-order valence-electron chi connectivity index (χ0n) is 23.3. The third kappa shape index (κ3) is 5.88. The second-order valence-electron chi connectivity index (χ2n) is 9.76. The van der Waals surface area contributed by atoms with E-state index in [4.69, 9.17) is 14.5 Å². The van der Waals surface area contributed by atoms with E-state index in [0.717, 1.165) is 34.2 Å². The standard InChI is InChI=1S/C33H32N2O5S/c1-4-6-18-40-26-17-14-23(20-27(26)39-5-2)30-29(25(36)16-13-22-10-8-7-9-11-22)31(37)32(38)35(30)33-34-24-15-12-21(3)19-28(24)41-33/h7-17,19-20,30,37H,4-6,18H2,1-3H3/b16-13+. The van der Waals surface area contributed by atoms with Crippen molar-refractivity contribution in [2.75, 3.05) is 18.1 Å². The fourth-order valence-corrected chi connectivity index (χ4v) is 5.82. The molecular weight excluding hydrogens is 536 g/mol. The van der Waals surface area contributed by atoms with Crippen molar-refractivity contribution in [2.24, 2.45) is 0 Å². The maximum atomic E-state index is 13.6. The summed E-state index contributed by atoms with van der Waals surface area (Å²) in [7, 11) is 0. The van der Waals surface area contributed by atoms with E-state index in [1.807, 2.05) is 62.4 Å². The molecule has 0 aliphatic carbocycles. The number of fused-ring (bicyclic) bond motifs is 1.